The van der Waals surface area contributed by atoms with E-state index in [2.05, 4.69) is 62.7 Å². The molecule has 2 rings (SSSR count). The molecule has 0 saturated carbocycles. The van der Waals surface area contributed by atoms with Crippen LogP contribution in [0.2, 0.25) is 0 Å². The molecule has 0 spiro atoms. The quantitative estimate of drug-likeness (QED) is 0.900. The van der Waals surface area contributed by atoms with Crippen LogP contribution in [0.5, 0.6) is 0 Å². The van der Waals surface area contributed by atoms with E-state index in [4.69, 9.17) is 5.73 Å². The molecule has 1 aromatic heterocycles. The highest BCUT2D eigenvalue weighted by Crippen LogP contribution is 2.32. The molecule has 1 heterocycles. The Kier molecular flexibility index (Phi) is 3.46. The molecule has 3 heteroatoms. The molecule has 2 aromatic rings. The van der Waals surface area contributed by atoms with Crippen molar-refractivity contribution in [1.29, 1.82) is 0 Å². The number of likely N-dealkylation sites (N-methyl/N-ethyl adjacent to an activating group) is 1. The van der Waals surface area contributed by atoms with Gasteiger partial charge in [-0.1, -0.05) is 11.6 Å². The molecule has 2 N–H and O–H groups in total. The number of aryl methyl sites for hydroxylation is 2. The van der Waals surface area contributed by atoms with Gasteiger partial charge in [0.1, 0.15) is 0 Å². The number of hydrogen-bond donors (Lipinski definition) is 1. The summed E-state index contributed by atoms with van der Waals surface area (Å²) in [6.45, 7) is 4.95. The molecule has 1 atom stereocenters. The van der Waals surface area contributed by atoms with Crippen LogP contribution in [0.4, 0.5) is 0 Å². The monoisotopic (exact) mass is 245 g/mol. The summed E-state index contributed by atoms with van der Waals surface area (Å²) in [6.07, 6.45) is 0. The van der Waals surface area contributed by atoms with E-state index in [1.807, 2.05) is 0 Å². The number of benzene rings is 1. The van der Waals surface area contributed by atoms with Crippen molar-refractivity contribution in [2.24, 2.45) is 12.8 Å². The fraction of sp³-hybridized carbons (Fsp3) is 0.467. The zero-order valence-corrected chi connectivity index (χ0v) is 12.0. The fourth-order valence-electron chi connectivity index (χ4n) is 2.72. The average molecular weight is 245 g/mol. The van der Waals surface area contributed by atoms with Crippen molar-refractivity contribution in [2.75, 3.05) is 20.6 Å². The summed E-state index contributed by atoms with van der Waals surface area (Å²) >= 11 is 0. The highest BCUT2D eigenvalue weighted by Gasteiger charge is 2.21. The molecule has 0 saturated heterocycles. The standard InChI is InChI=1S/C15H23N3/c1-10-6-7-13-12(8-10)15(11(2)18(13)5)14(9-16)17(3)4/h6-8,14H,9,16H2,1-5H3. The predicted octanol–water partition coefficient (Wildman–Crippen LogP) is 2.36. The first kappa shape index (κ1) is 13.1. The van der Waals surface area contributed by atoms with Crippen molar-refractivity contribution in [3.05, 3.63) is 35.0 Å². The van der Waals surface area contributed by atoms with E-state index >= 15 is 0 Å². The highest BCUT2D eigenvalue weighted by atomic mass is 15.1. The van der Waals surface area contributed by atoms with Gasteiger partial charge >= 0.3 is 0 Å². The van der Waals surface area contributed by atoms with Crippen LogP contribution in [0, 0.1) is 13.8 Å². The molecule has 0 radical (unpaired) electrons. The number of aromatic nitrogens is 1. The first-order valence-corrected chi connectivity index (χ1v) is 6.39. The zero-order chi connectivity index (χ0) is 13.4. The smallest absolute Gasteiger partial charge is 0.0488 e. The van der Waals surface area contributed by atoms with Gasteiger partial charge in [-0.05, 0) is 45.6 Å². The third kappa shape index (κ3) is 1.93. The number of hydrogen-bond acceptors (Lipinski definition) is 2. The Hall–Kier alpha value is -1.32. The molecular weight excluding hydrogens is 222 g/mol. The molecule has 98 valence electrons. The second kappa shape index (κ2) is 4.75. The van der Waals surface area contributed by atoms with Crippen LogP contribution in [0.15, 0.2) is 18.2 Å². The maximum absolute atomic E-state index is 5.96. The fourth-order valence-corrected chi connectivity index (χ4v) is 2.72. The SMILES string of the molecule is Cc1ccc2c(c1)c(C(CN)N(C)C)c(C)n2C. The first-order valence-electron chi connectivity index (χ1n) is 6.39. The lowest BCUT2D eigenvalue weighted by Crippen LogP contribution is -2.27. The van der Waals surface area contributed by atoms with Crippen LogP contribution in [0.25, 0.3) is 10.9 Å². The van der Waals surface area contributed by atoms with Gasteiger partial charge in [0.25, 0.3) is 0 Å². The van der Waals surface area contributed by atoms with Gasteiger partial charge in [0.2, 0.25) is 0 Å². The number of nitrogens with two attached hydrogens (primary N) is 1. The normalized spacial score (nSPS) is 13.5. The van der Waals surface area contributed by atoms with Crippen molar-refractivity contribution < 1.29 is 0 Å². The van der Waals surface area contributed by atoms with E-state index in [0.29, 0.717) is 6.54 Å². The Morgan fingerprint density at radius 1 is 1.28 bits per heavy atom. The highest BCUT2D eigenvalue weighted by molar-refractivity contribution is 5.86. The van der Waals surface area contributed by atoms with Crippen LogP contribution < -0.4 is 5.73 Å². The molecule has 0 aliphatic rings. The number of nitrogens with zero attached hydrogens (tertiary/aromatic N) is 2. The minimum atomic E-state index is 0.274. The molecule has 3 nitrogen and oxygen atoms in total. The first-order chi connectivity index (χ1) is 8.47. The molecule has 0 aliphatic carbocycles. The lowest BCUT2D eigenvalue weighted by atomic mass is 10.0. The zero-order valence-electron chi connectivity index (χ0n) is 12.0. The van der Waals surface area contributed by atoms with Gasteiger partial charge in [0.05, 0.1) is 0 Å². The summed E-state index contributed by atoms with van der Waals surface area (Å²) in [4.78, 5) is 2.20. The van der Waals surface area contributed by atoms with Gasteiger partial charge < -0.3 is 15.2 Å². The lowest BCUT2D eigenvalue weighted by Gasteiger charge is -2.23. The third-order valence-electron chi connectivity index (χ3n) is 3.88. The Labute approximate surface area is 109 Å². The van der Waals surface area contributed by atoms with Crippen LogP contribution in [0.3, 0.4) is 0 Å². The molecular formula is C15H23N3. The van der Waals surface area contributed by atoms with E-state index in [9.17, 15) is 0 Å². The van der Waals surface area contributed by atoms with Crippen molar-refractivity contribution >= 4 is 10.9 Å². The van der Waals surface area contributed by atoms with Crippen LogP contribution >= 0.6 is 0 Å². The summed E-state index contributed by atoms with van der Waals surface area (Å²) < 4.78 is 2.26. The van der Waals surface area contributed by atoms with Gasteiger partial charge in [-0.3, -0.25) is 0 Å². The minimum absolute atomic E-state index is 0.274. The Bertz CT molecular complexity index is 567. The van der Waals surface area contributed by atoms with Crippen molar-refractivity contribution in [3.63, 3.8) is 0 Å². The maximum Gasteiger partial charge on any atom is 0.0488 e. The van der Waals surface area contributed by atoms with Crippen LogP contribution in [-0.4, -0.2) is 30.1 Å². The van der Waals surface area contributed by atoms with Gasteiger partial charge in [0.15, 0.2) is 0 Å². The van der Waals surface area contributed by atoms with Crippen molar-refractivity contribution in [3.8, 4) is 0 Å². The molecule has 0 bridgehead atoms. The summed E-state index contributed by atoms with van der Waals surface area (Å²) in [5.74, 6) is 0. The lowest BCUT2D eigenvalue weighted by molar-refractivity contribution is 0.306. The van der Waals surface area contributed by atoms with Crippen molar-refractivity contribution in [1.82, 2.24) is 9.47 Å². The van der Waals surface area contributed by atoms with Crippen LogP contribution in [-0.2, 0) is 7.05 Å². The molecule has 1 aromatic carbocycles. The molecule has 0 aliphatic heterocycles. The number of rotatable bonds is 3. The summed E-state index contributed by atoms with van der Waals surface area (Å²) in [7, 11) is 6.30. The summed E-state index contributed by atoms with van der Waals surface area (Å²) in [5, 5.41) is 1.33. The molecule has 1 unspecified atom stereocenters. The van der Waals surface area contributed by atoms with Crippen LogP contribution in [0.1, 0.15) is 22.9 Å². The third-order valence-corrected chi connectivity index (χ3v) is 3.88. The number of fused-ring (bicyclic) bond motifs is 1. The Morgan fingerprint density at radius 3 is 2.50 bits per heavy atom. The molecule has 18 heavy (non-hydrogen) atoms. The Balaban J connectivity index is 2.76. The average Bonchev–Trinajstić information content (AvgIpc) is 2.54. The summed E-state index contributed by atoms with van der Waals surface area (Å²) in [5.41, 5.74) is 11.2. The maximum atomic E-state index is 5.96. The van der Waals surface area contributed by atoms with Gasteiger partial charge in [-0.25, -0.2) is 0 Å². The second-order valence-electron chi connectivity index (χ2n) is 5.29. The van der Waals surface area contributed by atoms with E-state index < -0.39 is 0 Å². The largest absolute Gasteiger partial charge is 0.348 e. The van der Waals surface area contributed by atoms with Gasteiger partial charge in [0, 0.05) is 36.2 Å². The predicted molar refractivity (Wildman–Crippen MR) is 77.9 cm³/mol. The molecule has 0 fully saturated rings. The van der Waals surface area contributed by atoms with Gasteiger partial charge in [-0.2, -0.15) is 0 Å². The van der Waals surface area contributed by atoms with E-state index in [1.54, 1.807) is 0 Å². The van der Waals surface area contributed by atoms with Crippen molar-refractivity contribution in [2.45, 2.75) is 19.9 Å². The second-order valence-corrected chi connectivity index (χ2v) is 5.29. The minimum Gasteiger partial charge on any atom is -0.348 e. The van der Waals surface area contributed by atoms with Gasteiger partial charge in [-0.15, -0.1) is 0 Å². The van der Waals surface area contributed by atoms with E-state index in [1.165, 1.54) is 27.7 Å². The Morgan fingerprint density at radius 2 is 1.94 bits per heavy atom. The molecule has 0 amide bonds. The van der Waals surface area contributed by atoms with E-state index in [0.717, 1.165) is 0 Å². The van der Waals surface area contributed by atoms with E-state index in [-0.39, 0.29) is 6.04 Å². The summed E-state index contributed by atoms with van der Waals surface area (Å²) in [6, 6.07) is 6.91. The topological polar surface area (TPSA) is 34.2 Å².